The van der Waals surface area contributed by atoms with Crippen molar-refractivity contribution in [3.63, 3.8) is 0 Å². The maximum absolute atomic E-state index is 14.3. The van der Waals surface area contributed by atoms with E-state index in [9.17, 15) is 14.9 Å². The van der Waals surface area contributed by atoms with Crippen LogP contribution in [-0.2, 0) is 0 Å². The monoisotopic (exact) mass is 461 g/mol. The molecule has 0 aliphatic rings. The van der Waals surface area contributed by atoms with Crippen molar-refractivity contribution in [2.45, 2.75) is 13.0 Å². The van der Waals surface area contributed by atoms with Crippen molar-refractivity contribution in [2.24, 2.45) is 0 Å². The van der Waals surface area contributed by atoms with E-state index in [4.69, 9.17) is 10.8 Å². The Morgan fingerprint density at radius 3 is 2.46 bits per heavy atom. The molecule has 0 amide bonds. The molecule has 0 saturated carbocycles. The van der Waals surface area contributed by atoms with Crippen LogP contribution in [0.15, 0.2) is 61.1 Å². The Morgan fingerprint density at radius 1 is 1.00 bits per heavy atom. The SMILES string of the molecule is CC(c1ccnc(-c2ccccc2F)n1)n1nc(-c2cc(C#N)cc(C#N)c2)c2c(N)ncnc21. The first kappa shape index (κ1) is 21.6. The Balaban J connectivity index is 1.68. The average molecular weight is 461 g/mol. The second kappa shape index (κ2) is 8.61. The van der Waals surface area contributed by atoms with E-state index in [-0.39, 0.29) is 17.2 Å². The molecule has 5 rings (SSSR count). The largest absolute Gasteiger partial charge is 0.383 e. The standard InChI is InChI=1S/C25H16FN9/c1-14(20-6-7-30-24(33-20)18-4-2-3-5-19(18)26)35-25-21(23(29)31-13-32-25)22(34-35)17-9-15(11-27)8-16(10-17)12-28/h2-10,13-14H,1H3,(H2,29,31,32). The number of nitrogens with zero attached hydrogens (tertiary/aromatic N) is 8. The summed E-state index contributed by atoms with van der Waals surface area (Å²) in [6.07, 6.45) is 2.90. The molecule has 1 atom stereocenters. The molecule has 0 bridgehead atoms. The molecule has 35 heavy (non-hydrogen) atoms. The number of anilines is 1. The van der Waals surface area contributed by atoms with Gasteiger partial charge in [0.1, 0.15) is 23.7 Å². The number of benzene rings is 2. The fourth-order valence-corrected chi connectivity index (χ4v) is 3.86. The second-order valence-corrected chi connectivity index (χ2v) is 7.73. The van der Waals surface area contributed by atoms with Gasteiger partial charge >= 0.3 is 0 Å². The number of nitrogen functional groups attached to an aromatic ring is 1. The molecule has 10 heteroatoms. The second-order valence-electron chi connectivity index (χ2n) is 7.73. The van der Waals surface area contributed by atoms with Crippen LogP contribution in [0.25, 0.3) is 33.7 Å². The lowest BCUT2D eigenvalue weighted by Crippen LogP contribution is -2.12. The summed E-state index contributed by atoms with van der Waals surface area (Å²) in [4.78, 5) is 17.3. The molecule has 3 aromatic heterocycles. The third kappa shape index (κ3) is 3.79. The zero-order valence-electron chi connectivity index (χ0n) is 18.4. The van der Waals surface area contributed by atoms with Crippen molar-refractivity contribution in [2.75, 3.05) is 5.73 Å². The molecule has 2 N–H and O–H groups in total. The molecule has 9 nitrogen and oxygen atoms in total. The number of nitrogens with two attached hydrogens (primary N) is 1. The first-order valence-electron chi connectivity index (χ1n) is 10.5. The minimum atomic E-state index is -0.441. The zero-order chi connectivity index (χ0) is 24.5. The molecule has 0 fully saturated rings. The third-order valence-corrected chi connectivity index (χ3v) is 5.57. The highest BCUT2D eigenvalue weighted by Gasteiger charge is 2.23. The molecule has 3 heterocycles. The predicted octanol–water partition coefficient (Wildman–Crippen LogP) is 4.02. The van der Waals surface area contributed by atoms with Crippen LogP contribution in [-0.4, -0.2) is 29.7 Å². The van der Waals surface area contributed by atoms with Gasteiger partial charge in [-0.25, -0.2) is 29.0 Å². The highest BCUT2D eigenvalue weighted by molar-refractivity contribution is 5.98. The summed E-state index contributed by atoms with van der Waals surface area (Å²) in [6.45, 7) is 1.87. The Kier molecular flexibility index (Phi) is 5.32. The first-order valence-corrected chi connectivity index (χ1v) is 10.5. The molecule has 0 aliphatic carbocycles. The van der Waals surface area contributed by atoms with E-state index in [0.717, 1.165) is 0 Å². The summed E-state index contributed by atoms with van der Waals surface area (Å²) in [5.41, 5.74) is 9.12. The van der Waals surface area contributed by atoms with Crippen LogP contribution in [0.3, 0.4) is 0 Å². The molecule has 0 aliphatic heterocycles. The summed E-state index contributed by atoms with van der Waals surface area (Å²) in [5, 5.41) is 24.0. The van der Waals surface area contributed by atoms with Gasteiger partial charge in [0.05, 0.1) is 46.0 Å². The Labute approximate surface area is 199 Å². The lowest BCUT2D eigenvalue weighted by molar-refractivity contribution is 0.565. The van der Waals surface area contributed by atoms with Gasteiger partial charge in [0.2, 0.25) is 0 Å². The van der Waals surface area contributed by atoms with Crippen LogP contribution in [0, 0.1) is 28.5 Å². The molecule has 2 aromatic carbocycles. The minimum absolute atomic E-state index is 0.207. The Hall–Kier alpha value is -5.22. The number of rotatable bonds is 4. The van der Waals surface area contributed by atoms with E-state index in [1.165, 1.54) is 18.5 Å². The van der Waals surface area contributed by atoms with Gasteiger partial charge in [0.15, 0.2) is 11.5 Å². The molecule has 168 valence electrons. The van der Waals surface area contributed by atoms with E-state index in [1.807, 2.05) is 6.92 Å². The third-order valence-electron chi connectivity index (χ3n) is 5.57. The van der Waals surface area contributed by atoms with Crippen LogP contribution in [0.4, 0.5) is 10.2 Å². The van der Waals surface area contributed by atoms with Gasteiger partial charge in [0.25, 0.3) is 0 Å². The normalized spacial score (nSPS) is 11.7. The van der Waals surface area contributed by atoms with E-state index in [2.05, 4.69) is 32.1 Å². The number of nitriles is 2. The van der Waals surface area contributed by atoms with E-state index in [0.29, 0.717) is 39.1 Å². The van der Waals surface area contributed by atoms with Gasteiger partial charge in [-0.3, -0.25) is 0 Å². The minimum Gasteiger partial charge on any atom is -0.383 e. The van der Waals surface area contributed by atoms with E-state index < -0.39 is 11.9 Å². The Bertz CT molecular complexity index is 1640. The van der Waals surface area contributed by atoms with Crippen molar-refractivity contribution in [1.82, 2.24) is 29.7 Å². The highest BCUT2D eigenvalue weighted by atomic mass is 19.1. The van der Waals surface area contributed by atoms with Gasteiger partial charge in [-0.05, 0) is 43.3 Å². The Morgan fingerprint density at radius 2 is 1.74 bits per heavy atom. The molecule has 0 radical (unpaired) electrons. The van der Waals surface area contributed by atoms with Crippen molar-refractivity contribution in [3.8, 4) is 34.8 Å². The van der Waals surface area contributed by atoms with Crippen LogP contribution >= 0.6 is 0 Å². The van der Waals surface area contributed by atoms with Crippen LogP contribution in [0.5, 0.6) is 0 Å². The predicted molar refractivity (Wildman–Crippen MR) is 126 cm³/mol. The summed E-state index contributed by atoms with van der Waals surface area (Å²) in [6, 6.07) is 16.4. The summed E-state index contributed by atoms with van der Waals surface area (Å²) >= 11 is 0. The van der Waals surface area contributed by atoms with Gasteiger partial charge in [-0.1, -0.05) is 12.1 Å². The maximum atomic E-state index is 14.3. The molecular formula is C25H16FN9. The van der Waals surface area contributed by atoms with Crippen molar-refractivity contribution < 1.29 is 4.39 Å². The molecule has 0 spiro atoms. The van der Waals surface area contributed by atoms with Crippen LogP contribution in [0.2, 0.25) is 0 Å². The lowest BCUT2D eigenvalue weighted by atomic mass is 10.0. The smallest absolute Gasteiger partial charge is 0.164 e. The lowest BCUT2D eigenvalue weighted by Gasteiger charge is -2.13. The van der Waals surface area contributed by atoms with Crippen molar-refractivity contribution >= 4 is 16.9 Å². The molecule has 5 aromatic rings. The topological polar surface area (TPSA) is 143 Å². The van der Waals surface area contributed by atoms with Gasteiger partial charge < -0.3 is 5.73 Å². The number of aromatic nitrogens is 6. The van der Waals surface area contributed by atoms with Crippen molar-refractivity contribution in [1.29, 1.82) is 10.5 Å². The quantitative estimate of drug-likeness (QED) is 0.423. The number of halogens is 1. The van der Waals surface area contributed by atoms with Gasteiger partial charge in [-0.15, -0.1) is 0 Å². The fraction of sp³-hybridized carbons (Fsp3) is 0.0800. The zero-order valence-corrected chi connectivity index (χ0v) is 18.4. The number of hydrogen-bond donors (Lipinski definition) is 1. The van der Waals surface area contributed by atoms with E-state index >= 15 is 0 Å². The molecular weight excluding hydrogens is 445 g/mol. The van der Waals surface area contributed by atoms with E-state index in [1.54, 1.807) is 47.3 Å². The maximum Gasteiger partial charge on any atom is 0.164 e. The molecule has 1 unspecified atom stereocenters. The summed E-state index contributed by atoms with van der Waals surface area (Å²) in [7, 11) is 0. The number of hydrogen-bond acceptors (Lipinski definition) is 8. The first-order chi connectivity index (χ1) is 17.0. The summed E-state index contributed by atoms with van der Waals surface area (Å²) < 4.78 is 16.0. The van der Waals surface area contributed by atoms with Gasteiger partial charge in [0, 0.05) is 11.8 Å². The summed E-state index contributed by atoms with van der Waals surface area (Å²) in [5.74, 6) is 0.0352. The molecule has 0 saturated heterocycles. The van der Waals surface area contributed by atoms with Crippen LogP contribution in [0.1, 0.15) is 29.8 Å². The van der Waals surface area contributed by atoms with Crippen molar-refractivity contribution in [3.05, 3.63) is 83.7 Å². The number of fused-ring (bicyclic) bond motifs is 1. The van der Waals surface area contributed by atoms with Crippen LogP contribution < -0.4 is 5.73 Å². The van der Waals surface area contributed by atoms with Gasteiger partial charge in [-0.2, -0.15) is 15.6 Å². The fourth-order valence-electron chi connectivity index (χ4n) is 3.86. The highest BCUT2D eigenvalue weighted by Crippen LogP contribution is 2.34. The average Bonchev–Trinajstić information content (AvgIpc) is 3.29.